The first-order valence-corrected chi connectivity index (χ1v) is 9.90. The van der Waals surface area contributed by atoms with Crippen LogP contribution in [0.1, 0.15) is 34.0 Å². The van der Waals surface area contributed by atoms with Crippen molar-refractivity contribution in [1.29, 1.82) is 0 Å². The number of methoxy groups -OCH3 is 1. The molecule has 2 N–H and O–H groups in total. The van der Waals surface area contributed by atoms with Crippen LogP contribution in [0.5, 0.6) is 5.75 Å². The first-order chi connectivity index (χ1) is 13.8. The number of carbonyl (C=O) groups is 2. The molecule has 1 saturated heterocycles. The number of amides is 2. The number of rotatable bonds is 3. The van der Waals surface area contributed by atoms with Crippen LogP contribution >= 0.6 is 0 Å². The maximum Gasteiger partial charge on any atom is 0.253 e. The second kappa shape index (κ2) is 7.19. The predicted octanol–water partition coefficient (Wildman–Crippen LogP) is 2.88. The van der Waals surface area contributed by atoms with Gasteiger partial charge in [0.15, 0.2) is 0 Å². The van der Waals surface area contributed by atoms with E-state index in [2.05, 4.69) is 35.4 Å². The van der Waals surface area contributed by atoms with Gasteiger partial charge in [0, 0.05) is 19.6 Å². The van der Waals surface area contributed by atoms with Crippen LogP contribution in [0.4, 0.5) is 5.69 Å². The molecule has 6 nitrogen and oxygen atoms in total. The minimum atomic E-state index is -0.621. The van der Waals surface area contributed by atoms with Crippen LogP contribution in [-0.2, 0) is 11.3 Å². The summed E-state index contributed by atoms with van der Waals surface area (Å²) in [7, 11) is 1.68. The number of para-hydroxylation sites is 1. The quantitative estimate of drug-likeness (QED) is 0.841. The number of hydrogen-bond donors (Lipinski definition) is 2. The third-order valence-corrected chi connectivity index (χ3v) is 6.37. The second-order valence-corrected chi connectivity index (χ2v) is 8.31. The van der Waals surface area contributed by atoms with Crippen LogP contribution in [0.15, 0.2) is 36.4 Å². The summed E-state index contributed by atoms with van der Waals surface area (Å²) < 4.78 is 5.41. The first-order valence-electron chi connectivity index (χ1n) is 9.90. The van der Waals surface area contributed by atoms with Gasteiger partial charge < -0.3 is 15.4 Å². The fourth-order valence-electron chi connectivity index (χ4n) is 4.54. The fraction of sp³-hybridized carbons (Fsp3) is 0.391. The van der Waals surface area contributed by atoms with Gasteiger partial charge in [-0.05, 0) is 55.7 Å². The molecule has 2 aromatic rings. The van der Waals surface area contributed by atoms with E-state index in [1.54, 1.807) is 19.2 Å². The third-order valence-electron chi connectivity index (χ3n) is 6.37. The molecule has 0 bridgehead atoms. The Kier molecular flexibility index (Phi) is 4.82. The van der Waals surface area contributed by atoms with E-state index in [0.717, 1.165) is 17.9 Å². The summed E-state index contributed by atoms with van der Waals surface area (Å²) in [5.74, 6) is 0.363. The van der Waals surface area contributed by atoms with Gasteiger partial charge in [0.1, 0.15) is 5.75 Å². The van der Waals surface area contributed by atoms with E-state index in [0.29, 0.717) is 24.3 Å². The average molecular weight is 393 g/mol. The fourth-order valence-corrected chi connectivity index (χ4v) is 4.54. The third kappa shape index (κ3) is 3.38. The Hall–Kier alpha value is -2.86. The van der Waals surface area contributed by atoms with E-state index >= 15 is 0 Å². The van der Waals surface area contributed by atoms with Crippen LogP contribution in [0.2, 0.25) is 0 Å². The Morgan fingerprint density at radius 2 is 1.90 bits per heavy atom. The van der Waals surface area contributed by atoms with Crippen molar-refractivity contribution in [3.8, 4) is 5.75 Å². The topological polar surface area (TPSA) is 70.7 Å². The highest BCUT2D eigenvalue weighted by Gasteiger charge is 2.49. The molecule has 2 aromatic carbocycles. The number of anilines is 1. The number of hydrogen-bond acceptors (Lipinski definition) is 4. The molecule has 2 amide bonds. The molecule has 29 heavy (non-hydrogen) atoms. The van der Waals surface area contributed by atoms with Gasteiger partial charge in [0.25, 0.3) is 5.91 Å². The number of fused-ring (bicyclic) bond motifs is 2. The van der Waals surface area contributed by atoms with Crippen molar-refractivity contribution < 1.29 is 14.3 Å². The largest absolute Gasteiger partial charge is 0.496 e. The Bertz CT molecular complexity index is 987. The van der Waals surface area contributed by atoms with Crippen molar-refractivity contribution >= 4 is 17.5 Å². The molecular formula is C23H27N3O3. The molecule has 2 aliphatic rings. The maximum absolute atomic E-state index is 13.0. The molecule has 4 rings (SSSR count). The first kappa shape index (κ1) is 19.5. The van der Waals surface area contributed by atoms with Crippen LogP contribution in [0.3, 0.4) is 0 Å². The number of ether oxygens (including phenoxy) is 1. The highest BCUT2D eigenvalue weighted by Crippen LogP contribution is 2.34. The number of nitrogens with one attached hydrogen (secondary N) is 2. The van der Waals surface area contributed by atoms with Gasteiger partial charge in [-0.2, -0.15) is 0 Å². The zero-order valence-electron chi connectivity index (χ0n) is 17.3. The SMILES string of the molecule is COc1ccc(CN2C[C@H]3C(=O)Nc4ccccc4C(=O)N[C@@]3(C)C2)c(C)c1C. The highest BCUT2D eigenvalue weighted by molar-refractivity contribution is 6.06. The van der Waals surface area contributed by atoms with Crippen LogP contribution < -0.4 is 15.4 Å². The zero-order valence-corrected chi connectivity index (χ0v) is 17.3. The van der Waals surface area contributed by atoms with Crippen molar-refractivity contribution in [2.24, 2.45) is 5.92 Å². The molecule has 2 aliphatic heterocycles. The average Bonchev–Trinajstić information content (AvgIpc) is 3.01. The summed E-state index contributed by atoms with van der Waals surface area (Å²) in [6.45, 7) is 8.05. The van der Waals surface area contributed by atoms with Crippen molar-refractivity contribution in [1.82, 2.24) is 10.2 Å². The lowest BCUT2D eigenvalue weighted by Crippen LogP contribution is -2.56. The number of nitrogens with zero attached hydrogens (tertiary/aromatic N) is 1. The van der Waals surface area contributed by atoms with Crippen LogP contribution in [0.25, 0.3) is 0 Å². The van der Waals surface area contributed by atoms with E-state index in [4.69, 9.17) is 4.74 Å². The summed E-state index contributed by atoms with van der Waals surface area (Å²) in [5.41, 5.74) is 3.97. The van der Waals surface area contributed by atoms with E-state index in [9.17, 15) is 9.59 Å². The molecule has 152 valence electrons. The van der Waals surface area contributed by atoms with Crippen molar-refractivity contribution in [3.63, 3.8) is 0 Å². The normalized spacial score (nSPS) is 24.1. The highest BCUT2D eigenvalue weighted by atomic mass is 16.5. The second-order valence-electron chi connectivity index (χ2n) is 8.31. The van der Waals surface area contributed by atoms with Gasteiger partial charge in [-0.25, -0.2) is 0 Å². The lowest BCUT2D eigenvalue weighted by atomic mass is 9.86. The summed E-state index contributed by atoms with van der Waals surface area (Å²) in [6.07, 6.45) is 0. The van der Waals surface area contributed by atoms with Gasteiger partial charge in [-0.1, -0.05) is 18.2 Å². The monoisotopic (exact) mass is 393 g/mol. The van der Waals surface area contributed by atoms with E-state index in [1.807, 2.05) is 25.1 Å². The molecule has 0 aromatic heterocycles. The van der Waals surface area contributed by atoms with Gasteiger partial charge in [-0.15, -0.1) is 0 Å². The zero-order chi connectivity index (χ0) is 20.8. The minimum absolute atomic E-state index is 0.0508. The Morgan fingerprint density at radius 3 is 2.66 bits per heavy atom. The van der Waals surface area contributed by atoms with Gasteiger partial charge in [-0.3, -0.25) is 14.5 Å². The van der Waals surface area contributed by atoms with Crippen molar-refractivity contribution in [2.45, 2.75) is 32.9 Å². The molecule has 0 radical (unpaired) electrons. The van der Waals surface area contributed by atoms with Gasteiger partial charge in [0.2, 0.25) is 5.91 Å². The molecule has 2 atom stereocenters. The molecule has 2 heterocycles. The summed E-state index contributed by atoms with van der Waals surface area (Å²) >= 11 is 0. The smallest absolute Gasteiger partial charge is 0.253 e. The lowest BCUT2D eigenvalue weighted by molar-refractivity contribution is -0.121. The van der Waals surface area contributed by atoms with Crippen LogP contribution in [0, 0.1) is 19.8 Å². The van der Waals surface area contributed by atoms with Crippen molar-refractivity contribution in [3.05, 3.63) is 58.7 Å². The Labute approximate surface area is 171 Å². The molecule has 0 unspecified atom stereocenters. The molecule has 0 saturated carbocycles. The van der Waals surface area contributed by atoms with E-state index < -0.39 is 5.54 Å². The Morgan fingerprint density at radius 1 is 1.14 bits per heavy atom. The van der Waals surface area contributed by atoms with E-state index in [-0.39, 0.29) is 17.7 Å². The predicted molar refractivity (Wildman–Crippen MR) is 112 cm³/mol. The minimum Gasteiger partial charge on any atom is -0.496 e. The lowest BCUT2D eigenvalue weighted by Gasteiger charge is -2.33. The number of likely N-dealkylation sites (tertiary alicyclic amines) is 1. The molecule has 6 heteroatoms. The van der Waals surface area contributed by atoms with Gasteiger partial charge >= 0.3 is 0 Å². The summed E-state index contributed by atoms with van der Waals surface area (Å²) in [6, 6.07) is 11.2. The van der Waals surface area contributed by atoms with Crippen molar-refractivity contribution in [2.75, 3.05) is 25.5 Å². The Balaban J connectivity index is 1.60. The molecule has 0 spiro atoms. The molecule has 1 fully saturated rings. The molecular weight excluding hydrogens is 366 g/mol. The number of carbonyl (C=O) groups excluding carboxylic acids is 2. The van der Waals surface area contributed by atoms with E-state index in [1.165, 1.54) is 11.1 Å². The summed E-state index contributed by atoms with van der Waals surface area (Å²) in [5, 5.41) is 6.11. The number of benzene rings is 2. The maximum atomic E-state index is 13.0. The molecule has 0 aliphatic carbocycles. The van der Waals surface area contributed by atoms with Crippen LogP contribution in [-0.4, -0.2) is 42.5 Å². The standard InChI is InChI=1S/C23H27N3O3/c1-14-15(2)20(29-4)10-9-16(14)11-26-12-18-22(28)24-19-8-6-5-7-17(19)21(27)25-23(18,3)13-26/h5-10,18H,11-13H2,1-4H3,(H,24,28)(H,25,27)/t18-,23-/m0/s1. The summed E-state index contributed by atoms with van der Waals surface area (Å²) in [4.78, 5) is 28.1. The van der Waals surface area contributed by atoms with Gasteiger partial charge in [0.05, 0.1) is 29.8 Å².